The molecule has 0 aromatic heterocycles. The van der Waals surface area contributed by atoms with Crippen molar-refractivity contribution in [2.24, 2.45) is 0 Å². The average molecular weight is 451 g/mol. The SMILES string of the molecule is [Cl-].[Cl-].[Cl-].[Cl-].[Cl-].[Cl-].[U]. The minimum absolute atomic E-state index is 0. The van der Waals surface area contributed by atoms with Crippen molar-refractivity contribution in [3.05, 3.63) is 0 Å². The second-order valence-corrected chi connectivity index (χ2v) is 0. The molecule has 0 amide bonds. The summed E-state index contributed by atoms with van der Waals surface area (Å²) in [4.78, 5) is 0. The summed E-state index contributed by atoms with van der Waals surface area (Å²) in [5.41, 5.74) is 0. The van der Waals surface area contributed by atoms with Crippen molar-refractivity contribution >= 4 is 0 Å². The quantitative estimate of drug-likeness (QED) is 0.344. The third-order valence-corrected chi connectivity index (χ3v) is 0. The van der Waals surface area contributed by atoms with Crippen LogP contribution in [0, 0.1) is 31.1 Å². The van der Waals surface area contributed by atoms with Crippen molar-refractivity contribution in [2.75, 3.05) is 0 Å². The zero-order chi connectivity index (χ0) is 0. The minimum Gasteiger partial charge on any atom is -1.00 e. The number of halogens is 6. The predicted octanol–water partition coefficient (Wildman–Crippen LogP) is -18.0. The van der Waals surface area contributed by atoms with Gasteiger partial charge in [-0.25, -0.2) is 0 Å². The molecule has 0 saturated heterocycles. The van der Waals surface area contributed by atoms with Crippen LogP contribution in [0.2, 0.25) is 0 Å². The molecule has 0 radical (unpaired) electrons. The van der Waals surface area contributed by atoms with Crippen LogP contribution in [0.1, 0.15) is 0 Å². The van der Waals surface area contributed by atoms with Crippen molar-refractivity contribution in [1.82, 2.24) is 0 Å². The second kappa shape index (κ2) is 68.5. The van der Waals surface area contributed by atoms with Gasteiger partial charge in [-0.3, -0.25) is 0 Å². The van der Waals surface area contributed by atoms with Crippen LogP contribution in [0.3, 0.4) is 0 Å². The number of hydrogen-bond donors (Lipinski definition) is 0. The van der Waals surface area contributed by atoms with Gasteiger partial charge in [0.25, 0.3) is 0 Å². The molecule has 0 aromatic rings. The normalized spacial score (nSPS) is 0. The molecule has 0 heterocycles. The van der Waals surface area contributed by atoms with Gasteiger partial charge in [-0.1, -0.05) is 0 Å². The molecule has 7 heteroatoms. The Morgan fingerprint density at radius 1 is 0.286 bits per heavy atom. The van der Waals surface area contributed by atoms with Gasteiger partial charge in [-0.2, -0.15) is 0 Å². The van der Waals surface area contributed by atoms with Gasteiger partial charge in [0.05, 0.1) is 0 Å². The standard InChI is InChI=1S/6ClH.U/h6*1H;/p-6. The Hall–Kier alpha value is 2.79. The average Bonchev–Trinajstić information content (AvgIpc) is 0. The fourth-order valence-corrected chi connectivity index (χ4v) is 0. The van der Waals surface area contributed by atoms with Gasteiger partial charge in [0, 0.05) is 31.1 Å². The van der Waals surface area contributed by atoms with Gasteiger partial charge in [0.2, 0.25) is 0 Å². The molecule has 0 spiro atoms. The van der Waals surface area contributed by atoms with E-state index < -0.39 is 0 Å². The van der Waals surface area contributed by atoms with Crippen LogP contribution in [-0.2, 0) is 0 Å². The van der Waals surface area contributed by atoms with E-state index in [2.05, 4.69) is 0 Å². The first-order valence-corrected chi connectivity index (χ1v) is 0. The molecule has 0 nitrogen and oxygen atoms in total. The maximum atomic E-state index is 0. The third-order valence-electron chi connectivity index (χ3n) is 0. The summed E-state index contributed by atoms with van der Waals surface area (Å²) in [6.07, 6.45) is 0. The van der Waals surface area contributed by atoms with Crippen molar-refractivity contribution in [2.45, 2.75) is 0 Å². The largest absolute Gasteiger partial charge is 1.00 e. The van der Waals surface area contributed by atoms with Crippen molar-refractivity contribution < 1.29 is 106 Å². The summed E-state index contributed by atoms with van der Waals surface area (Å²) < 4.78 is 0. The van der Waals surface area contributed by atoms with Crippen LogP contribution in [0.25, 0.3) is 0 Å². The van der Waals surface area contributed by atoms with Crippen LogP contribution in [0.5, 0.6) is 0 Å². The molecule has 0 aromatic carbocycles. The topological polar surface area (TPSA) is 0 Å². The van der Waals surface area contributed by atoms with Gasteiger partial charge < -0.3 is 74.4 Å². The van der Waals surface area contributed by atoms with Crippen LogP contribution in [0.15, 0.2) is 0 Å². The zero-order valence-corrected chi connectivity index (χ0v) is 11.5. The van der Waals surface area contributed by atoms with Crippen molar-refractivity contribution in [3.8, 4) is 0 Å². The summed E-state index contributed by atoms with van der Waals surface area (Å²) in [6.45, 7) is 0. The molecule has 52 valence electrons. The molecular weight excluding hydrogens is 451 g/mol. The van der Waals surface area contributed by atoms with E-state index in [9.17, 15) is 0 Å². The number of rotatable bonds is 0. The molecule has 0 bridgehead atoms. The van der Waals surface area contributed by atoms with E-state index in [0.29, 0.717) is 0 Å². The maximum Gasteiger partial charge on any atom is 0 e. The Bertz CT molecular complexity index is 4.14. The Kier molecular flexibility index (Phi) is 950. The third kappa shape index (κ3) is 52.0. The molecule has 0 saturated carbocycles. The van der Waals surface area contributed by atoms with Gasteiger partial charge in [-0.05, 0) is 0 Å². The van der Waals surface area contributed by atoms with Gasteiger partial charge in [0.15, 0.2) is 0 Å². The monoisotopic (exact) mass is 448 g/mol. The van der Waals surface area contributed by atoms with E-state index in [1.165, 1.54) is 0 Å². The molecular formula is Cl6U-6. The van der Waals surface area contributed by atoms with Crippen LogP contribution < -0.4 is 74.4 Å². The Labute approximate surface area is 104 Å². The first-order valence-electron chi connectivity index (χ1n) is 0. The molecule has 0 unspecified atom stereocenters. The first-order chi connectivity index (χ1) is 0. The van der Waals surface area contributed by atoms with Gasteiger partial charge in [0.1, 0.15) is 0 Å². The first kappa shape index (κ1) is 97.1. The zero-order valence-electron chi connectivity index (χ0n) is 2.77. The summed E-state index contributed by atoms with van der Waals surface area (Å²) >= 11 is 0. The number of hydrogen-bond acceptors (Lipinski definition) is 0. The van der Waals surface area contributed by atoms with E-state index in [-0.39, 0.29) is 106 Å². The molecule has 0 N–H and O–H groups in total. The molecule has 0 atom stereocenters. The Morgan fingerprint density at radius 2 is 0.286 bits per heavy atom. The molecule has 0 fully saturated rings. The van der Waals surface area contributed by atoms with E-state index in [4.69, 9.17) is 0 Å². The molecule has 0 aliphatic rings. The molecule has 0 rings (SSSR count). The van der Waals surface area contributed by atoms with E-state index in [1.807, 2.05) is 0 Å². The minimum atomic E-state index is 0. The van der Waals surface area contributed by atoms with Crippen molar-refractivity contribution in [3.63, 3.8) is 0 Å². The van der Waals surface area contributed by atoms with Crippen LogP contribution in [0.4, 0.5) is 0 Å². The summed E-state index contributed by atoms with van der Waals surface area (Å²) in [7, 11) is 0. The van der Waals surface area contributed by atoms with Gasteiger partial charge >= 0.3 is 0 Å². The van der Waals surface area contributed by atoms with E-state index in [1.54, 1.807) is 0 Å². The smallest absolute Gasteiger partial charge is 0 e. The molecule has 0 aliphatic carbocycles. The Morgan fingerprint density at radius 3 is 0.286 bits per heavy atom. The fourth-order valence-electron chi connectivity index (χ4n) is 0. The summed E-state index contributed by atoms with van der Waals surface area (Å²) in [6, 6.07) is 0. The van der Waals surface area contributed by atoms with Crippen LogP contribution in [-0.4, -0.2) is 0 Å². The summed E-state index contributed by atoms with van der Waals surface area (Å²) in [5.74, 6) is 0. The summed E-state index contributed by atoms with van der Waals surface area (Å²) in [5, 5.41) is 0. The van der Waals surface area contributed by atoms with E-state index in [0.717, 1.165) is 0 Å². The van der Waals surface area contributed by atoms with Gasteiger partial charge in [-0.15, -0.1) is 0 Å². The van der Waals surface area contributed by atoms with E-state index >= 15 is 0 Å². The molecule has 0 aliphatic heterocycles. The van der Waals surface area contributed by atoms with Crippen LogP contribution >= 0.6 is 0 Å². The predicted molar refractivity (Wildman–Crippen MR) is 0 cm³/mol. The maximum absolute atomic E-state index is 0. The molecule has 7 heavy (non-hydrogen) atoms. The Balaban J connectivity index is 0. The van der Waals surface area contributed by atoms with Crippen molar-refractivity contribution in [1.29, 1.82) is 0 Å². The fraction of sp³-hybridized carbons (Fsp3) is 0. The second-order valence-electron chi connectivity index (χ2n) is 0.